The van der Waals surface area contributed by atoms with E-state index in [0.29, 0.717) is 69.5 Å². The number of ether oxygens (including phenoxy) is 3. The molecule has 11 nitrogen and oxygen atoms in total. The third kappa shape index (κ3) is 5.81. The van der Waals surface area contributed by atoms with Crippen LogP contribution < -0.4 is 16.4 Å². The van der Waals surface area contributed by atoms with E-state index >= 15 is 0 Å². The Hall–Kier alpha value is -2.57. The molecule has 1 fully saturated rings. The lowest BCUT2D eigenvalue weighted by Gasteiger charge is -2.31. The molecule has 3 rings (SSSR count). The number of fused-ring (bicyclic) bond motifs is 1. The molecule has 176 valence electrons. The molecule has 2 heterocycles. The molecule has 0 radical (unpaired) electrons. The van der Waals surface area contributed by atoms with E-state index in [4.69, 9.17) is 19.9 Å². The number of nitrogens with two attached hydrogens (primary N) is 1. The molecule has 0 aliphatic carbocycles. The highest BCUT2D eigenvalue weighted by molar-refractivity contribution is 6.08. The van der Waals surface area contributed by atoms with Gasteiger partial charge in [-0.15, -0.1) is 0 Å². The highest BCUT2D eigenvalue weighted by Crippen LogP contribution is 2.38. The standard InChI is InChI=1S/C21H30N4O7/c22-6-8-30-10-12-32-13-11-31-9-7-23-15-3-1-2-14-18(15)21(29)25(20(14)28)16-4-5-17(26)24-19(16)27/h1-3,16,20,23,28H,4-13,22H2,(H,24,26,27). The number of aliphatic hydroxyl groups is 1. The van der Waals surface area contributed by atoms with Gasteiger partial charge in [0.25, 0.3) is 5.91 Å². The van der Waals surface area contributed by atoms with Crippen LogP contribution in [-0.4, -0.2) is 86.5 Å². The van der Waals surface area contributed by atoms with Crippen molar-refractivity contribution in [2.45, 2.75) is 25.1 Å². The molecule has 0 bridgehead atoms. The van der Waals surface area contributed by atoms with E-state index in [9.17, 15) is 19.5 Å². The first kappa shape index (κ1) is 24.1. The summed E-state index contributed by atoms with van der Waals surface area (Å²) in [6, 6.07) is 4.23. The predicted molar refractivity (Wildman–Crippen MR) is 114 cm³/mol. The van der Waals surface area contributed by atoms with Gasteiger partial charge in [0.2, 0.25) is 11.8 Å². The Labute approximate surface area is 186 Å². The van der Waals surface area contributed by atoms with E-state index in [0.717, 1.165) is 4.90 Å². The average Bonchev–Trinajstić information content (AvgIpc) is 3.03. The zero-order valence-electron chi connectivity index (χ0n) is 17.9. The van der Waals surface area contributed by atoms with Gasteiger partial charge >= 0.3 is 0 Å². The lowest BCUT2D eigenvalue weighted by molar-refractivity contribution is -0.139. The van der Waals surface area contributed by atoms with Crippen molar-refractivity contribution in [3.63, 3.8) is 0 Å². The average molecular weight is 450 g/mol. The van der Waals surface area contributed by atoms with E-state index in [2.05, 4.69) is 10.6 Å². The minimum atomic E-state index is -1.24. The molecule has 0 aromatic heterocycles. The second-order valence-electron chi connectivity index (χ2n) is 7.38. The number of anilines is 1. The lowest BCUT2D eigenvalue weighted by Crippen LogP contribution is -2.53. The number of hydrogen-bond donors (Lipinski definition) is 4. The molecule has 11 heteroatoms. The Morgan fingerprint density at radius 2 is 1.75 bits per heavy atom. The van der Waals surface area contributed by atoms with Gasteiger partial charge in [0, 0.05) is 30.8 Å². The Balaban J connectivity index is 1.46. The highest BCUT2D eigenvalue weighted by Gasteiger charge is 2.45. The van der Waals surface area contributed by atoms with Crippen LogP contribution in [0.25, 0.3) is 0 Å². The molecule has 2 atom stereocenters. The van der Waals surface area contributed by atoms with Crippen LogP contribution in [0.15, 0.2) is 18.2 Å². The SMILES string of the molecule is NCCOCCOCCOCCNc1cccc2c1C(=O)N(C1CCC(=O)NC1=O)C2O. The van der Waals surface area contributed by atoms with E-state index in [1.54, 1.807) is 18.2 Å². The van der Waals surface area contributed by atoms with Gasteiger partial charge in [-0.2, -0.15) is 0 Å². The molecule has 32 heavy (non-hydrogen) atoms. The number of piperidine rings is 1. The van der Waals surface area contributed by atoms with Gasteiger partial charge in [-0.25, -0.2) is 0 Å². The number of carbonyl (C=O) groups excluding carboxylic acids is 3. The summed E-state index contributed by atoms with van der Waals surface area (Å²) in [5, 5.41) is 16.1. The quantitative estimate of drug-likeness (QED) is 0.227. The van der Waals surface area contributed by atoms with Gasteiger partial charge in [0.15, 0.2) is 6.23 Å². The number of nitrogens with zero attached hydrogens (tertiary/aromatic N) is 1. The lowest BCUT2D eigenvalue weighted by atomic mass is 10.0. The maximum atomic E-state index is 13.1. The third-order valence-corrected chi connectivity index (χ3v) is 5.20. The first-order chi connectivity index (χ1) is 15.5. The number of nitrogens with one attached hydrogen (secondary N) is 2. The number of benzene rings is 1. The van der Waals surface area contributed by atoms with Crippen molar-refractivity contribution in [3.05, 3.63) is 29.3 Å². The fourth-order valence-corrected chi connectivity index (χ4v) is 3.70. The van der Waals surface area contributed by atoms with Crippen LogP contribution in [0, 0.1) is 0 Å². The molecule has 1 saturated heterocycles. The van der Waals surface area contributed by atoms with E-state index in [1.807, 2.05) is 0 Å². The van der Waals surface area contributed by atoms with E-state index in [-0.39, 0.29) is 18.7 Å². The van der Waals surface area contributed by atoms with Crippen molar-refractivity contribution in [3.8, 4) is 0 Å². The molecule has 2 aliphatic rings. The number of carbonyl (C=O) groups is 3. The monoisotopic (exact) mass is 450 g/mol. The summed E-state index contributed by atoms with van der Waals surface area (Å²) in [6.45, 7) is 3.67. The first-order valence-electron chi connectivity index (χ1n) is 10.7. The molecule has 2 aliphatic heterocycles. The summed E-state index contributed by atoms with van der Waals surface area (Å²) >= 11 is 0. The number of imide groups is 1. The second-order valence-corrected chi connectivity index (χ2v) is 7.38. The molecule has 1 aromatic carbocycles. The Morgan fingerprint density at radius 1 is 1.06 bits per heavy atom. The summed E-state index contributed by atoms with van der Waals surface area (Å²) in [7, 11) is 0. The van der Waals surface area contributed by atoms with Gasteiger partial charge in [0.05, 0.1) is 45.2 Å². The topological polar surface area (TPSA) is 152 Å². The van der Waals surface area contributed by atoms with Crippen molar-refractivity contribution in [1.82, 2.24) is 10.2 Å². The molecule has 0 saturated carbocycles. The van der Waals surface area contributed by atoms with Crippen molar-refractivity contribution < 1.29 is 33.7 Å². The number of hydrogen-bond acceptors (Lipinski definition) is 9. The molecule has 0 spiro atoms. The van der Waals surface area contributed by atoms with Crippen LogP contribution in [0.1, 0.15) is 35.0 Å². The minimum absolute atomic E-state index is 0.121. The first-order valence-corrected chi connectivity index (χ1v) is 10.7. The molecule has 2 unspecified atom stereocenters. The molecular formula is C21H30N4O7. The second kappa shape index (κ2) is 11.9. The Morgan fingerprint density at radius 3 is 2.44 bits per heavy atom. The largest absolute Gasteiger partial charge is 0.382 e. The Kier molecular flexibility index (Phi) is 8.94. The zero-order valence-corrected chi connectivity index (χ0v) is 17.9. The van der Waals surface area contributed by atoms with Gasteiger partial charge in [0.1, 0.15) is 6.04 Å². The summed E-state index contributed by atoms with van der Waals surface area (Å²) in [5.41, 5.74) is 6.63. The number of amides is 3. The zero-order chi connectivity index (χ0) is 22.9. The molecule has 3 amide bonds. The van der Waals surface area contributed by atoms with Gasteiger partial charge in [-0.05, 0) is 12.5 Å². The van der Waals surface area contributed by atoms with Crippen LogP contribution in [0.2, 0.25) is 0 Å². The van der Waals surface area contributed by atoms with Crippen LogP contribution in [0.5, 0.6) is 0 Å². The van der Waals surface area contributed by atoms with Crippen LogP contribution >= 0.6 is 0 Å². The summed E-state index contributed by atoms with van der Waals surface area (Å²) < 4.78 is 16.1. The van der Waals surface area contributed by atoms with Crippen molar-refractivity contribution >= 4 is 23.4 Å². The Bertz CT molecular complexity index is 819. The highest BCUT2D eigenvalue weighted by atomic mass is 16.5. The molecular weight excluding hydrogens is 420 g/mol. The van der Waals surface area contributed by atoms with Gasteiger partial charge < -0.3 is 30.4 Å². The van der Waals surface area contributed by atoms with Crippen LogP contribution in [-0.2, 0) is 23.8 Å². The maximum Gasteiger partial charge on any atom is 0.259 e. The van der Waals surface area contributed by atoms with Gasteiger partial charge in [-0.3, -0.25) is 24.6 Å². The summed E-state index contributed by atoms with van der Waals surface area (Å²) in [5.74, 6) is -1.40. The predicted octanol–water partition coefficient (Wildman–Crippen LogP) is -0.641. The summed E-state index contributed by atoms with van der Waals surface area (Å²) in [4.78, 5) is 37.8. The van der Waals surface area contributed by atoms with Crippen LogP contribution in [0.3, 0.4) is 0 Å². The number of rotatable bonds is 13. The third-order valence-electron chi connectivity index (χ3n) is 5.20. The van der Waals surface area contributed by atoms with Crippen molar-refractivity contribution in [2.75, 3.05) is 58.0 Å². The fraction of sp³-hybridized carbons (Fsp3) is 0.571. The number of aliphatic hydroxyl groups excluding tert-OH is 1. The normalized spacial score (nSPS) is 20.4. The van der Waals surface area contributed by atoms with Gasteiger partial charge in [-0.1, -0.05) is 12.1 Å². The maximum absolute atomic E-state index is 13.1. The van der Waals surface area contributed by atoms with Crippen molar-refractivity contribution in [2.24, 2.45) is 5.73 Å². The van der Waals surface area contributed by atoms with E-state index in [1.165, 1.54) is 0 Å². The van der Waals surface area contributed by atoms with E-state index < -0.39 is 24.1 Å². The van der Waals surface area contributed by atoms with Crippen molar-refractivity contribution in [1.29, 1.82) is 0 Å². The smallest absolute Gasteiger partial charge is 0.259 e. The van der Waals surface area contributed by atoms with Crippen LogP contribution in [0.4, 0.5) is 5.69 Å². The fourth-order valence-electron chi connectivity index (χ4n) is 3.70. The minimum Gasteiger partial charge on any atom is -0.382 e. The molecule has 5 N–H and O–H groups in total. The summed E-state index contributed by atoms with van der Waals surface area (Å²) in [6.07, 6.45) is -0.944. The molecule has 1 aromatic rings.